The number of aliphatic hydroxyl groups excluding tert-OH is 1. The highest BCUT2D eigenvalue weighted by molar-refractivity contribution is 5.69. The van der Waals surface area contributed by atoms with Crippen LogP contribution in [-0.2, 0) is 27.2 Å². The van der Waals surface area contributed by atoms with Crippen molar-refractivity contribution in [3.63, 3.8) is 0 Å². The molecular weight excluding hydrogens is 456 g/mol. The second kappa shape index (κ2) is 14.6. The molecule has 36 heavy (non-hydrogen) atoms. The van der Waals surface area contributed by atoms with Crippen LogP contribution in [0.5, 0.6) is 5.75 Å². The summed E-state index contributed by atoms with van der Waals surface area (Å²) in [5.74, 6) is 0.594. The molecule has 6 nitrogen and oxygen atoms in total. The number of carboxylic acid groups (broad SMARTS) is 1. The molecule has 0 heterocycles. The van der Waals surface area contributed by atoms with Crippen LogP contribution in [-0.4, -0.2) is 41.0 Å². The molecule has 1 saturated carbocycles. The van der Waals surface area contributed by atoms with E-state index >= 15 is 0 Å². The van der Waals surface area contributed by atoms with Crippen LogP contribution in [0.15, 0.2) is 18.2 Å². The molecule has 3 rings (SSSR count). The minimum atomic E-state index is -0.981. The number of aliphatic hydroxyl groups is 1. The van der Waals surface area contributed by atoms with E-state index in [1.807, 2.05) is 12.1 Å². The summed E-state index contributed by atoms with van der Waals surface area (Å²) in [6.45, 7) is 3.99. The van der Waals surface area contributed by atoms with Crippen molar-refractivity contribution in [1.29, 1.82) is 0 Å². The van der Waals surface area contributed by atoms with E-state index in [4.69, 9.17) is 14.6 Å². The molecule has 0 radical (unpaired) electrons. The third-order valence-corrected chi connectivity index (χ3v) is 8.16. The van der Waals surface area contributed by atoms with E-state index in [0.717, 1.165) is 89.0 Å². The Morgan fingerprint density at radius 2 is 1.81 bits per heavy atom. The summed E-state index contributed by atoms with van der Waals surface area (Å²) in [6.07, 6.45) is 12.6. The Balaban J connectivity index is 1.69. The van der Waals surface area contributed by atoms with Crippen molar-refractivity contribution in [3.05, 3.63) is 29.3 Å². The number of carboxylic acids is 1. The minimum Gasteiger partial charge on any atom is -0.482 e. The summed E-state index contributed by atoms with van der Waals surface area (Å²) < 4.78 is 11.7. The molecule has 2 aliphatic rings. The van der Waals surface area contributed by atoms with Gasteiger partial charge in [-0.15, -0.1) is 0 Å². The quantitative estimate of drug-likeness (QED) is 0.209. The average molecular weight is 503 g/mol. The fourth-order valence-corrected chi connectivity index (χ4v) is 6.27. The molecular formula is C30H46O6. The number of unbranched alkanes of at least 4 members (excludes halogenated alkanes) is 5. The number of benzene rings is 1. The lowest BCUT2D eigenvalue weighted by Crippen LogP contribution is -2.29. The summed E-state index contributed by atoms with van der Waals surface area (Å²) in [6, 6.07) is 5.91. The Kier molecular flexibility index (Phi) is 11.6. The molecule has 2 aliphatic carbocycles. The second-order valence-corrected chi connectivity index (χ2v) is 10.9. The molecule has 202 valence electrons. The summed E-state index contributed by atoms with van der Waals surface area (Å²) in [7, 11) is 0. The third kappa shape index (κ3) is 8.22. The molecule has 5 atom stereocenters. The van der Waals surface area contributed by atoms with Crippen LogP contribution in [0.25, 0.3) is 0 Å². The van der Waals surface area contributed by atoms with E-state index in [9.17, 15) is 14.7 Å². The lowest BCUT2D eigenvalue weighted by molar-refractivity contribution is -0.151. The van der Waals surface area contributed by atoms with Gasteiger partial charge in [0.05, 0.1) is 6.10 Å². The Morgan fingerprint density at radius 1 is 1.03 bits per heavy atom. The van der Waals surface area contributed by atoms with E-state index in [1.54, 1.807) is 0 Å². The fraction of sp³-hybridized carbons (Fsp3) is 0.733. The predicted octanol–water partition coefficient (Wildman–Crippen LogP) is 6.10. The lowest BCUT2D eigenvalue weighted by atomic mass is 9.73. The third-order valence-electron chi connectivity index (χ3n) is 8.16. The molecule has 0 aliphatic heterocycles. The zero-order valence-corrected chi connectivity index (χ0v) is 22.3. The monoisotopic (exact) mass is 502 g/mol. The van der Waals surface area contributed by atoms with Crippen molar-refractivity contribution in [1.82, 2.24) is 0 Å². The number of esters is 1. The Bertz CT molecular complexity index is 837. The van der Waals surface area contributed by atoms with E-state index in [0.29, 0.717) is 24.0 Å². The molecule has 6 heteroatoms. The van der Waals surface area contributed by atoms with Gasteiger partial charge in [-0.05, 0) is 79.9 Å². The predicted molar refractivity (Wildman–Crippen MR) is 140 cm³/mol. The average Bonchev–Trinajstić information content (AvgIpc) is 3.18. The van der Waals surface area contributed by atoms with Crippen molar-refractivity contribution in [2.45, 2.75) is 116 Å². The summed E-state index contributed by atoms with van der Waals surface area (Å²) in [4.78, 5) is 23.7. The van der Waals surface area contributed by atoms with Gasteiger partial charge >= 0.3 is 11.9 Å². The molecule has 1 aromatic rings. The van der Waals surface area contributed by atoms with E-state index in [1.165, 1.54) is 5.56 Å². The van der Waals surface area contributed by atoms with Crippen LogP contribution in [0.4, 0.5) is 0 Å². The van der Waals surface area contributed by atoms with Crippen LogP contribution in [0.1, 0.15) is 102 Å². The lowest BCUT2D eigenvalue weighted by Gasteiger charge is -2.32. The van der Waals surface area contributed by atoms with Gasteiger partial charge in [0, 0.05) is 6.42 Å². The van der Waals surface area contributed by atoms with Gasteiger partial charge in [0.15, 0.2) is 6.61 Å². The van der Waals surface area contributed by atoms with Crippen molar-refractivity contribution in [3.8, 4) is 5.75 Å². The first kappa shape index (κ1) is 28.5. The normalized spacial score (nSPS) is 23.5. The molecule has 0 spiro atoms. The van der Waals surface area contributed by atoms with Crippen molar-refractivity contribution < 1.29 is 29.3 Å². The number of hydrogen-bond acceptors (Lipinski definition) is 5. The fourth-order valence-electron chi connectivity index (χ4n) is 6.27. The van der Waals surface area contributed by atoms with Gasteiger partial charge < -0.3 is 19.7 Å². The van der Waals surface area contributed by atoms with Crippen LogP contribution in [0.3, 0.4) is 0 Å². The molecule has 0 amide bonds. The maximum Gasteiger partial charge on any atom is 0.341 e. The van der Waals surface area contributed by atoms with E-state index in [2.05, 4.69) is 19.9 Å². The van der Waals surface area contributed by atoms with Crippen LogP contribution in [0, 0.1) is 17.8 Å². The SMILES string of the molecule is CCCCCCC(=O)O[C@@H]1C[C@@H]2Cc3c(cccc3OCC(=O)O)C[C@@H]2[C@H]1CC[C@@H](O)CCCCC. The number of aliphatic carboxylic acids is 1. The summed E-state index contributed by atoms with van der Waals surface area (Å²) in [5.41, 5.74) is 2.31. The molecule has 0 bridgehead atoms. The first-order valence-electron chi connectivity index (χ1n) is 14.3. The molecule has 0 saturated heterocycles. The molecule has 0 aromatic heterocycles. The van der Waals surface area contributed by atoms with Crippen molar-refractivity contribution >= 4 is 11.9 Å². The molecule has 1 aromatic carbocycles. The largest absolute Gasteiger partial charge is 0.482 e. The number of carbonyl (C=O) groups excluding carboxylic acids is 1. The van der Waals surface area contributed by atoms with E-state index in [-0.39, 0.29) is 30.7 Å². The Labute approximate surface area is 216 Å². The van der Waals surface area contributed by atoms with Gasteiger partial charge in [0.1, 0.15) is 11.9 Å². The van der Waals surface area contributed by atoms with Gasteiger partial charge in [-0.2, -0.15) is 0 Å². The zero-order valence-electron chi connectivity index (χ0n) is 22.3. The first-order chi connectivity index (χ1) is 17.4. The molecule has 1 fully saturated rings. The Morgan fingerprint density at radius 3 is 2.56 bits per heavy atom. The first-order valence-corrected chi connectivity index (χ1v) is 14.3. The number of rotatable bonds is 16. The highest BCUT2D eigenvalue weighted by atomic mass is 16.5. The number of ether oxygens (including phenoxy) is 2. The van der Waals surface area contributed by atoms with Crippen LogP contribution < -0.4 is 4.74 Å². The summed E-state index contributed by atoms with van der Waals surface area (Å²) in [5, 5.41) is 19.6. The van der Waals surface area contributed by atoms with Gasteiger partial charge in [-0.1, -0.05) is 64.5 Å². The standard InChI is InChI=1S/C30H46O6/c1-3-5-7-9-14-30(34)36-28-19-22-18-26-21(11-10-13-27(26)35-20-29(32)33)17-25(22)24(28)16-15-23(31)12-8-6-4-2/h10-11,13,22-25,28,31H,3-9,12,14-20H2,1-2H3,(H,32,33)/t22-,23-,24+,25-,28+/m0/s1. The Hall–Kier alpha value is -2.08. The van der Waals surface area contributed by atoms with Crippen molar-refractivity contribution in [2.24, 2.45) is 17.8 Å². The van der Waals surface area contributed by atoms with Gasteiger partial charge in [-0.25, -0.2) is 4.79 Å². The minimum absolute atomic E-state index is 0.0914. The van der Waals surface area contributed by atoms with Gasteiger partial charge in [-0.3, -0.25) is 4.79 Å². The van der Waals surface area contributed by atoms with Gasteiger partial charge in [0.25, 0.3) is 0 Å². The maximum absolute atomic E-state index is 12.7. The van der Waals surface area contributed by atoms with E-state index < -0.39 is 5.97 Å². The summed E-state index contributed by atoms with van der Waals surface area (Å²) >= 11 is 0. The molecule has 0 unspecified atom stereocenters. The van der Waals surface area contributed by atoms with Gasteiger partial charge in [0.2, 0.25) is 0 Å². The van der Waals surface area contributed by atoms with Crippen LogP contribution in [0.2, 0.25) is 0 Å². The number of hydrogen-bond donors (Lipinski definition) is 2. The topological polar surface area (TPSA) is 93.1 Å². The maximum atomic E-state index is 12.7. The van der Waals surface area contributed by atoms with Crippen LogP contribution >= 0.6 is 0 Å². The van der Waals surface area contributed by atoms with Crippen molar-refractivity contribution in [2.75, 3.05) is 6.61 Å². The highest BCUT2D eigenvalue weighted by Gasteiger charge is 2.47. The highest BCUT2D eigenvalue weighted by Crippen LogP contribution is 2.49. The zero-order chi connectivity index (χ0) is 25.9. The molecule has 2 N–H and O–H groups in total. The number of carbonyl (C=O) groups is 2. The smallest absolute Gasteiger partial charge is 0.341 e. The number of fused-ring (bicyclic) bond motifs is 2. The second-order valence-electron chi connectivity index (χ2n) is 10.9.